The number of hydrogen-bond donors (Lipinski definition) is 0. The lowest BCUT2D eigenvalue weighted by Crippen LogP contribution is -2.41. The van der Waals surface area contributed by atoms with Gasteiger partial charge >= 0.3 is 0 Å². The third-order valence-corrected chi connectivity index (χ3v) is 6.61. The van der Waals surface area contributed by atoms with Crippen LogP contribution in [-0.4, -0.2) is 79.6 Å². The van der Waals surface area contributed by atoms with E-state index in [1.807, 2.05) is 9.80 Å². The zero-order chi connectivity index (χ0) is 21.4. The first-order chi connectivity index (χ1) is 15.1. The Morgan fingerprint density at radius 1 is 0.871 bits per heavy atom. The zero-order valence-electron chi connectivity index (χ0n) is 16.7. The molecule has 3 aromatic rings. The lowest BCUT2D eigenvalue weighted by molar-refractivity contribution is 0.122. The van der Waals surface area contributed by atoms with E-state index in [1.54, 1.807) is 24.3 Å². The van der Waals surface area contributed by atoms with Crippen LogP contribution in [0, 0.1) is 0 Å². The van der Waals surface area contributed by atoms with Crippen molar-refractivity contribution in [2.45, 2.75) is 6.43 Å². The van der Waals surface area contributed by atoms with E-state index in [-0.39, 0.29) is 5.95 Å². The minimum Gasteiger partial charge on any atom is -0.378 e. The second-order valence-corrected chi connectivity index (χ2v) is 8.96. The first-order valence-electron chi connectivity index (χ1n) is 10.0. The van der Waals surface area contributed by atoms with E-state index in [9.17, 15) is 13.0 Å². The van der Waals surface area contributed by atoms with Crippen molar-refractivity contribution < 1.29 is 17.7 Å². The quantitative estimate of drug-likeness (QED) is 0.593. The molecule has 12 heteroatoms. The highest BCUT2D eigenvalue weighted by molar-refractivity contribution is 7.85. The van der Waals surface area contributed by atoms with Gasteiger partial charge in [-0.15, -0.1) is 0 Å². The maximum Gasteiger partial charge on any atom is 0.296 e. The van der Waals surface area contributed by atoms with Crippen LogP contribution in [0.4, 0.5) is 20.7 Å². The van der Waals surface area contributed by atoms with E-state index in [0.29, 0.717) is 73.8 Å². The number of para-hydroxylation sites is 2. The van der Waals surface area contributed by atoms with Crippen molar-refractivity contribution >= 4 is 33.7 Å². The fourth-order valence-corrected chi connectivity index (χ4v) is 4.78. The summed E-state index contributed by atoms with van der Waals surface area (Å²) in [4.78, 5) is 21.7. The molecule has 0 aliphatic carbocycles. The van der Waals surface area contributed by atoms with Crippen molar-refractivity contribution in [1.82, 2.24) is 24.5 Å². The standard InChI is InChI=1S/C19H21F2N7O2S/c20-15(21)16-22-13-3-1-2-4-14(13)28(16)19-24-17(26-5-9-30-10-6-26)23-18(25-19)27-7-11-31(29)12-8-27/h1-4,15H,5-12H2. The van der Waals surface area contributed by atoms with E-state index in [4.69, 9.17) is 4.74 Å². The number of alkyl halides is 2. The van der Waals surface area contributed by atoms with Crippen molar-refractivity contribution in [3.8, 4) is 5.95 Å². The van der Waals surface area contributed by atoms with Gasteiger partial charge in [0.2, 0.25) is 17.8 Å². The Morgan fingerprint density at radius 3 is 2.16 bits per heavy atom. The molecule has 0 spiro atoms. The van der Waals surface area contributed by atoms with E-state index >= 15 is 0 Å². The number of anilines is 2. The Bertz CT molecular complexity index is 1110. The van der Waals surface area contributed by atoms with Gasteiger partial charge in [-0.3, -0.25) is 8.78 Å². The van der Waals surface area contributed by atoms with Gasteiger partial charge < -0.3 is 14.5 Å². The van der Waals surface area contributed by atoms with E-state index < -0.39 is 23.0 Å². The molecule has 2 saturated heterocycles. The molecule has 4 heterocycles. The van der Waals surface area contributed by atoms with Crippen LogP contribution in [-0.2, 0) is 15.5 Å². The summed E-state index contributed by atoms with van der Waals surface area (Å²) < 4.78 is 46.3. The Labute approximate surface area is 179 Å². The van der Waals surface area contributed by atoms with Crippen LogP contribution in [0.3, 0.4) is 0 Å². The topological polar surface area (TPSA) is 89.3 Å². The molecule has 164 valence electrons. The third-order valence-electron chi connectivity index (χ3n) is 5.34. The summed E-state index contributed by atoms with van der Waals surface area (Å²) in [7, 11) is -0.862. The average molecular weight is 449 g/mol. The first-order valence-corrected chi connectivity index (χ1v) is 11.5. The van der Waals surface area contributed by atoms with E-state index in [1.165, 1.54) is 4.57 Å². The van der Waals surface area contributed by atoms with Crippen LogP contribution in [0.2, 0.25) is 0 Å². The van der Waals surface area contributed by atoms with Crippen LogP contribution in [0.15, 0.2) is 24.3 Å². The molecule has 0 bridgehead atoms. The summed E-state index contributed by atoms with van der Waals surface area (Å²) in [6.07, 6.45) is -2.79. The largest absolute Gasteiger partial charge is 0.378 e. The van der Waals surface area contributed by atoms with Gasteiger partial charge in [-0.25, -0.2) is 13.8 Å². The highest BCUT2D eigenvalue weighted by Crippen LogP contribution is 2.28. The van der Waals surface area contributed by atoms with Crippen LogP contribution in [0.5, 0.6) is 0 Å². The monoisotopic (exact) mass is 449 g/mol. The van der Waals surface area contributed by atoms with E-state index in [2.05, 4.69) is 19.9 Å². The summed E-state index contributed by atoms with van der Waals surface area (Å²) in [6.45, 7) is 3.33. The molecular formula is C19H21F2N7O2S. The molecule has 31 heavy (non-hydrogen) atoms. The molecule has 2 fully saturated rings. The predicted molar refractivity (Wildman–Crippen MR) is 113 cm³/mol. The number of imidazole rings is 1. The fourth-order valence-electron chi connectivity index (χ4n) is 3.73. The molecule has 5 rings (SSSR count). The second kappa shape index (κ2) is 8.42. The molecule has 0 unspecified atom stereocenters. The molecular weight excluding hydrogens is 428 g/mol. The Balaban J connectivity index is 1.66. The second-order valence-electron chi connectivity index (χ2n) is 7.26. The van der Waals surface area contributed by atoms with Gasteiger partial charge in [0.25, 0.3) is 6.43 Å². The van der Waals surface area contributed by atoms with E-state index in [0.717, 1.165) is 0 Å². The number of benzene rings is 1. The highest BCUT2D eigenvalue weighted by Gasteiger charge is 2.26. The van der Waals surface area contributed by atoms with Gasteiger partial charge in [-0.1, -0.05) is 12.1 Å². The normalized spacial score (nSPS) is 18.3. The van der Waals surface area contributed by atoms with Gasteiger partial charge in [-0.2, -0.15) is 15.0 Å². The third kappa shape index (κ3) is 3.97. The smallest absolute Gasteiger partial charge is 0.296 e. The Hall–Kier alpha value is -2.73. The summed E-state index contributed by atoms with van der Waals surface area (Å²) in [5.74, 6) is 1.52. The summed E-state index contributed by atoms with van der Waals surface area (Å²) >= 11 is 0. The number of ether oxygens (including phenoxy) is 1. The van der Waals surface area contributed by atoms with Crippen molar-refractivity contribution in [2.24, 2.45) is 0 Å². The molecule has 0 N–H and O–H groups in total. The van der Waals surface area contributed by atoms with Gasteiger partial charge in [0.05, 0.1) is 24.2 Å². The fraction of sp³-hybridized carbons (Fsp3) is 0.474. The predicted octanol–water partition coefficient (Wildman–Crippen LogP) is 1.55. The average Bonchev–Trinajstić information content (AvgIpc) is 3.20. The van der Waals surface area contributed by atoms with Gasteiger partial charge in [0.15, 0.2) is 5.82 Å². The highest BCUT2D eigenvalue weighted by atomic mass is 32.2. The molecule has 0 saturated carbocycles. The molecule has 0 atom stereocenters. The maximum atomic E-state index is 13.9. The zero-order valence-corrected chi connectivity index (χ0v) is 17.5. The number of fused-ring (bicyclic) bond motifs is 1. The molecule has 2 aliphatic rings. The molecule has 1 aromatic carbocycles. The lowest BCUT2D eigenvalue weighted by Gasteiger charge is -2.30. The molecule has 0 amide bonds. The molecule has 2 aromatic heterocycles. The van der Waals surface area contributed by atoms with Crippen molar-refractivity contribution in [2.75, 3.05) is 60.7 Å². The summed E-state index contributed by atoms with van der Waals surface area (Å²) in [5, 5.41) is 0. The summed E-state index contributed by atoms with van der Waals surface area (Å²) in [6, 6.07) is 6.92. The number of halogens is 2. The maximum absolute atomic E-state index is 13.9. The minimum atomic E-state index is -2.79. The molecule has 9 nitrogen and oxygen atoms in total. The van der Waals surface area contributed by atoms with Gasteiger partial charge in [-0.05, 0) is 12.1 Å². The summed E-state index contributed by atoms with van der Waals surface area (Å²) in [5.41, 5.74) is 0.948. The molecule has 2 aliphatic heterocycles. The van der Waals surface area contributed by atoms with Crippen molar-refractivity contribution in [3.63, 3.8) is 0 Å². The number of aromatic nitrogens is 5. The number of rotatable bonds is 4. The van der Waals surface area contributed by atoms with Crippen LogP contribution < -0.4 is 9.80 Å². The van der Waals surface area contributed by atoms with Gasteiger partial charge in [0, 0.05) is 48.5 Å². The number of morpholine rings is 1. The Kier molecular flexibility index (Phi) is 5.48. The van der Waals surface area contributed by atoms with Crippen molar-refractivity contribution in [1.29, 1.82) is 0 Å². The van der Waals surface area contributed by atoms with Crippen molar-refractivity contribution in [3.05, 3.63) is 30.1 Å². The van der Waals surface area contributed by atoms with Gasteiger partial charge in [0.1, 0.15) is 0 Å². The number of hydrogen-bond acceptors (Lipinski definition) is 8. The van der Waals surface area contributed by atoms with Crippen LogP contribution in [0.25, 0.3) is 17.0 Å². The van der Waals surface area contributed by atoms with Crippen LogP contribution in [0.1, 0.15) is 12.2 Å². The molecule has 0 radical (unpaired) electrons. The first kappa shape index (κ1) is 20.2. The Morgan fingerprint density at radius 2 is 1.48 bits per heavy atom. The number of nitrogens with zero attached hydrogens (tertiary/aromatic N) is 7. The lowest BCUT2D eigenvalue weighted by atomic mass is 10.3. The van der Waals surface area contributed by atoms with Crippen LogP contribution >= 0.6 is 0 Å². The minimum absolute atomic E-state index is 0.0992. The SMILES string of the molecule is O=S1CCN(c2nc(N3CCOCC3)nc(-n3c(C(F)F)nc4ccccc43)n2)CC1.